The van der Waals surface area contributed by atoms with E-state index in [4.69, 9.17) is 0 Å². The van der Waals surface area contributed by atoms with Gasteiger partial charge in [-0.1, -0.05) is 13.2 Å². The molecule has 2 nitrogen and oxygen atoms in total. The molecule has 0 saturated heterocycles. The third kappa shape index (κ3) is 2.57. The van der Waals surface area contributed by atoms with Crippen molar-refractivity contribution in [2.75, 3.05) is 13.1 Å². The average molecular weight is 276 g/mol. The molecular weight excluding hydrogens is 263 g/mol. The Hall–Kier alpha value is -0.420. The predicted molar refractivity (Wildman–Crippen MR) is 48.0 cm³/mol. The molecule has 66 valence electrons. The number of rotatable bonds is 4. The van der Waals surface area contributed by atoms with Crippen LogP contribution in [0.5, 0.6) is 0 Å². The van der Waals surface area contributed by atoms with E-state index >= 15 is 0 Å². The summed E-state index contributed by atoms with van der Waals surface area (Å²) in [6.45, 7) is 9.17. The lowest BCUT2D eigenvalue weighted by Crippen LogP contribution is -3.00. The molecule has 1 heterocycles. The largest absolute Gasteiger partial charge is 1.00 e. The van der Waals surface area contributed by atoms with Gasteiger partial charge < -0.3 is 24.0 Å². The van der Waals surface area contributed by atoms with Gasteiger partial charge in [0.05, 0.1) is 6.20 Å². The first-order chi connectivity index (χ1) is 5.33. The Balaban J connectivity index is 0.00000121. The third-order valence-electron chi connectivity index (χ3n) is 1.68. The lowest BCUT2D eigenvalue weighted by Gasteiger charge is -2.23. The SMILES string of the molecule is C=CC[N+]1(CC=C)C=CN=C1.[I-]. The van der Waals surface area contributed by atoms with Gasteiger partial charge in [0.1, 0.15) is 19.3 Å². The first kappa shape index (κ1) is 11.6. The Labute approximate surface area is 90.6 Å². The van der Waals surface area contributed by atoms with E-state index < -0.39 is 0 Å². The summed E-state index contributed by atoms with van der Waals surface area (Å²) in [4.78, 5) is 4.05. The molecule has 0 fully saturated rings. The highest BCUT2D eigenvalue weighted by atomic mass is 127. The third-order valence-corrected chi connectivity index (χ3v) is 1.68. The Kier molecular flexibility index (Phi) is 5.08. The smallest absolute Gasteiger partial charge is 0.195 e. The molecule has 0 saturated carbocycles. The molecule has 12 heavy (non-hydrogen) atoms. The van der Waals surface area contributed by atoms with Gasteiger partial charge in [-0.3, -0.25) is 0 Å². The van der Waals surface area contributed by atoms with Crippen LogP contribution in [0, 0.1) is 0 Å². The van der Waals surface area contributed by atoms with E-state index in [0.717, 1.165) is 17.6 Å². The zero-order valence-electron chi connectivity index (χ0n) is 6.99. The topological polar surface area (TPSA) is 12.4 Å². The zero-order valence-corrected chi connectivity index (χ0v) is 9.15. The quantitative estimate of drug-likeness (QED) is 0.343. The van der Waals surface area contributed by atoms with Crippen molar-refractivity contribution in [3.05, 3.63) is 37.7 Å². The summed E-state index contributed by atoms with van der Waals surface area (Å²) in [6, 6.07) is 0. The maximum absolute atomic E-state index is 4.05. The van der Waals surface area contributed by atoms with Crippen molar-refractivity contribution in [1.82, 2.24) is 0 Å². The molecule has 0 aromatic rings. The summed E-state index contributed by atoms with van der Waals surface area (Å²) < 4.78 is 0.729. The fraction of sp³-hybridized carbons (Fsp3) is 0.222. The molecule has 0 bridgehead atoms. The minimum absolute atomic E-state index is 0. The van der Waals surface area contributed by atoms with E-state index in [9.17, 15) is 0 Å². The Morgan fingerprint density at radius 1 is 1.25 bits per heavy atom. The lowest BCUT2D eigenvalue weighted by atomic mass is 10.4. The molecule has 0 unspecified atom stereocenters. The summed E-state index contributed by atoms with van der Waals surface area (Å²) in [6.07, 6.45) is 9.55. The second kappa shape index (κ2) is 5.27. The maximum atomic E-state index is 4.05. The molecule has 3 heteroatoms. The Bertz CT molecular complexity index is 195. The van der Waals surface area contributed by atoms with Crippen LogP contribution in [0.25, 0.3) is 0 Å². The van der Waals surface area contributed by atoms with Gasteiger partial charge >= 0.3 is 0 Å². The normalized spacial score (nSPS) is 17.0. The molecule has 0 spiro atoms. The zero-order chi connectivity index (χ0) is 8.16. The van der Waals surface area contributed by atoms with Gasteiger partial charge in [-0.05, 0) is 12.2 Å². The van der Waals surface area contributed by atoms with E-state index in [1.807, 2.05) is 30.9 Å². The summed E-state index contributed by atoms with van der Waals surface area (Å²) in [5.41, 5.74) is 0. The summed E-state index contributed by atoms with van der Waals surface area (Å²) >= 11 is 0. The molecule has 0 aliphatic carbocycles. The van der Waals surface area contributed by atoms with E-state index in [0.29, 0.717) is 0 Å². The number of nitrogens with zero attached hydrogens (tertiary/aromatic N) is 2. The maximum Gasteiger partial charge on any atom is 0.195 e. The number of hydrogen-bond donors (Lipinski definition) is 0. The summed E-state index contributed by atoms with van der Waals surface area (Å²) in [5.74, 6) is 0. The standard InChI is InChI=1S/C9H13N2.HI/c1-3-6-11(7-4-2)8-5-10-9-11;/h3-5,8-9H,1-2,6-7H2;1H/q+1;/p-1. The van der Waals surface area contributed by atoms with Gasteiger partial charge in [-0.2, -0.15) is 0 Å². The molecule has 1 rings (SSSR count). The molecular formula is C9H13IN2. The van der Waals surface area contributed by atoms with Gasteiger partial charge in [-0.15, -0.1) is 0 Å². The van der Waals surface area contributed by atoms with Crippen LogP contribution in [0.1, 0.15) is 0 Å². The monoisotopic (exact) mass is 276 g/mol. The first-order valence-electron chi connectivity index (χ1n) is 3.63. The second-order valence-electron chi connectivity index (χ2n) is 2.61. The lowest BCUT2D eigenvalue weighted by molar-refractivity contribution is -0.765. The minimum atomic E-state index is 0. The van der Waals surface area contributed by atoms with E-state index in [-0.39, 0.29) is 24.0 Å². The number of aliphatic imine (C=N–C) groups is 1. The Morgan fingerprint density at radius 2 is 1.83 bits per heavy atom. The molecule has 0 radical (unpaired) electrons. The van der Waals surface area contributed by atoms with Crippen LogP contribution in [0.2, 0.25) is 0 Å². The molecule has 0 aromatic heterocycles. The van der Waals surface area contributed by atoms with Crippen LogP contribution in [-0.2, 0) is 0 Å². The van der Waals surface area contributed by atoms with E-state index in [1.54, 1.807) is 0 Å². The van der Waals surface area contributed by atoms with Gasteiger partial charge in [0.2, 0.25) is 0 Å². The van der Waals surface area contributed by atoms with Gasteiger partial charge in [0.25, 0.3) is 0 Å². The fourth-order valence-corrected chi connectivity index (χ4v) is 1.15. The molecule has 0 N–H and O–H groups in total. The molecule has 0 atom stereocenters. The number of quaternary nitrogens is 1. The fourth-order valence-electron chi connectivity index (χ4n) is 1.15. The van der Waals surface area contributed by atoms with Crippen molar-refractivity contribution in [2.45, 2.75) is 0 Å². The molecule has 1 aliphatic rings. The van der Waals surface area contributed by atoms with E-state index in [1.165, 1.54) is 0 Å². The highest BCUT2D eigenvalue weighted by Crippen LogP contribution is 2.10. The average Bonchev–Trinajstić information content (AvgIpc) is 2.39. The van der Waals surface area contributed by atoms with Crippen LogP contribution >= 0.6 is 0 Å². The van der Waals surface area contributed by atoms with Crippen LogP contribution < -0.4 is 24.0 Å². The number of hydrogen-bond acceptors (Lipinski definition) is 1. The first-order valence-corrected chi connectivity index (χ1v) is 3.63. The van der Waals surface area contributed by atoms with Crippen molar-refractivity contribution in [3.8, 4) is 0 Å². The molecule has 1 aliphatic heterocycles. The highest BCUT2D eigenvalue weighted by Gasteiger charge is 2.21. The van der Waals surface area contributed by atoms with Crippen LogP contribution in [0.4, 0.5) is 0 Å². The van der Waals surface area contributed by atoms with Crippen molar-refractivity contribution < 1.29 is 28.5 Å². The van der Waals surface area contributed by atoms with Gasteiger partial charge in [0.15, 0.2) is 6.34 Å². The Morgan fingerprint density at radius 3 is 2.17 bits per heavy atom. The highest BCUT2D eigenvalue weighted by molar-refractivity contribution is 5.51. The molecule has 0 aromatic carbocycles. The van der Waals surface area contributed by atoms with Gasteiger partial charge in [0, 0.05) is 0 Å². The van der Waals surface area contributed by atoms with E-state index in [2.05, 4.69) is 18.2 Å². The van der Waals surface area contributed by atoms with Gasteiger partial charge in [-0.25, -0.2) is 9.48 Å². The van der Waals surface area contributed by atoms with Crippen molar-refractivity contribution in [2.24, 2.45) is 4.99 Å². The van der Waals surface area contributed by atoms with Crippen LogP contribution in [0.3, 0.4) is 0 Å². The van der Waals surface area contributed by atoms with Crippen molar-refractivity contribution in [1.29, 1.82) is 0 Å². The predicted octanol–water partition coefficient (Wildman–Crippen LogP) is -1.31. The van der Waals surface area contributed by atoms with Crippen molar-refractivity contribution in [3.63, 3.8) is 0 Å². The van der Waals surface area contributed by atoms with Crippen LogP contribution in [-0.4, -0.2) is 23.9 Å². The molecule has 0 amide bonds. The number of halogens is 1. The van der Waals surface area contributed by atoms with Crippen LogP contribution in [0.15, 0.2) is 42.7 Å². The minimum Gasteiger partial charge on any atom is -1.00 e. The summed E-state index contributed by atoms with van der Waals surface area (Å²) in [7, 11) is 0. The summed E-state index contributed by atoms with van der Waals surface area (Å²) in [5, 5.41) is 0. The van der Waals surface area contributed by atoms with Crippen molar-refractivity contribution >= 4 is 6.34 Å². The second-order valence-corrected chi connectivity index (χ2v) is 2.61.